The summed E-state index contributed by atoms with van der Waals surface area (Å²) < 4.78 is 26.8. The fraction of sp³-hybridized carbons (Fsp3) is 0.364. The number of aromatic nitrogens is 5. The molecule has 1 aromatic carbocycles. The van der Waals surface area contributed by atoms with Crippen LogP contribution in [0.1, 0.15) is 13.8 Å². The number of pyridine rings is 1. The molecule has 0 spiro atoms. The summed E-state index contributed by atoms with van der Waals surface area (Å²) in [5.41, 5.74) is 7.51. The van der Waals surface area contributed by atoms with Gasteiger partial charge in [-0.25, -0.2) is 13.9 Å². The second-order valence-electron chi connectivity index (χ2n) is 8.24. The van der Waals surface area contributed by atoms with Gasteiger partial charge in [0.05, 0.1) is 12.2 Å². The van der Waals surface area contributed by atoms with E-state index < -0.39 is 30.0 Å². The van der Waals surface area contributed by atoms with Gasteiger partial charge in [-0.2, -0.15) is 0 Å². The lowest BCUT2D eigenvalue weighted by Gasteiger charge is -2.16. The van der Waals surface area contributed by atoms with Gasteiger partial charge in [0.15, 0.2) is 11.9 Å². The number of hydrogen-bond acceptors (Lipinski definition) is 9. The van der Waals surface area contributed by atoms with Gasteiger partial charge in [-0.3, -0.25) is 14.7 Å². The summed E-state index contributed by atoms with van der Waals surface area (Å²) in [5, 5.41) is 11.2. The zero-order chi connectivity index (χ0) is 24.4. The number of cyclic esters (lactones) is 1. The van der Waals surface area contributed by atoms with Crippen molar-refractivity contribution in [1.82, 2.24) is 25.2 Å². The Morgan fingerprint density at radius 1 is 1.32 bits per heavy atom. The Morgan fingerprint density at radius 3 is 2.74 bits per heavy atom. The molecular weight excluding hydrogens is 445 g/mol. The molecule has 2 aromatic heterocycles. The van der Waals surface area contributed by atoms with Crippen molar-refractivity contribution in [3.8, 4) is 22.6 Å². The van der Waals surface area contributed by atoms with Gasteiger partial charge in [0.2, 0.25) is 0 Å². The molecule has 0 saturated carbocycles. The minimum absolute atomic E-state index is 0.0770. The van der Waals surface area contributed by atoms with E-state index in [9.17, 15) is 14.0 Å². The Balaban J connectivity index is 1.43. The molecule has 11 nitrogen and oxygen atoms in total. The first kappa shape index (κ1) is 23.2. The van der Waals surface area contributed by atoms with Crippen LogP contribution in [0.5, 0.6) is 0 Å². The fourth-order valence-corrected chi connectivity index (χ4v) is 3.40. The molecule has 1 amide bonds. The molecule has 0 radical (unpaired) electrons. The highest BCUT2D eigenvalue weighted by molar-refractivity contribution is 5.90. The first-order valence-electron chi connectivity index (χ1n) is 10.6. The first-order valence-corrected chi connectivity index (χ1v) is 10.6. The average Bonchev–Trinajstić information content (AvgIpc) is 3.42. The van der Waals surface area contributed by atoms with Crippen LogP contribution >= 0.6 is 0 Å². The minimum Gasteiger partial charge on any atom is -0.460 e. The van der Waals surface area contributed by atoms with Crippen molar-refractivity contribution in [3.63, 3.8) is 0 Å². The normalized spacial score (nSPS) is 16.6. The monoisotopic (exact) mass is 469 g/mol. The maximum absolute atomic E-state index is 14.9. The Labute approximate surface area is 194 Å². The van der Waals surface area contributed by atoms with Gasteiger partial charge >= 0.3 is 12.1 Å². The number of anilines is 1. The fourth-order valence-electron chi connectivity index (χ4n) is 3.40. The molecule has 1 saturated heterocycles. The molecular formula is C22H24FN7O4. The van der Waals surface area contributed by atoms with Crippen LogP contribution in [-0.2, 0) is 21.3 Å². The third-order valence-electron chi connectivity index (χ3n) is 5.46. The van der Waals surface area contributed by atoms with Gasteiger partial charge < -0.3 is 15.2 Å². The molecule has 178 valence electrons. The molecule has 2 atom stereocenters. The Bertz CT molecular complexity index is 1200. The lowest BCUT2D eigenvalue weighted by molar-refractivity contribution is -0.148. The number of hydrogen-bond donors (Lipinski definition) is 1. The van der Waals surface area contributed by atoms with Crippen molar-refractivity contribution in [3.05, 3.63) is 42.3 Å². The summed E-state index contributed by atoms with van der Waals surface area (Å²) in [6.07, 6.45) is 0.202. The van der Waals surface area contributed by atoms with E-state index >= 15 is 0 Å². The summed E-state index contributed by atoms with van der Waals surface area (Å²) >= 11 is 0. The summed E-state index contributed by atoms with van der Waals surface area (Å²) in [4.78, 5) is 29.8. The number of aryl methyl sites for hydroxylation is 1. The molecule has 0 aliphatic carbocycles. The second kappa shape index (κ2) is 9.51. The number of nitrogens with two attached hydrogens (primary N) is 1. The van der Waals surface area contributed by atoms with Crippen molar-refractivity contribution in [2.45, 2.75) is 26.0 Å². The topological polar surface area (TPSA) is 138 Å². The standard InChI is InChI=1S/C22H24FN7O4/c1-12(2)19(24)21(31)33-11-15-10-30(22(32)34-15)14-5-6-16(17(23)8-14)13-4-7-18(25-9-13)20-26-27-28-29(20)3/h4-9,12,15,19H,10-11,24H2,1-3H3. The number of benzene rings is 1. The molecule has 1 aliphatic heterocycles. The molecule has 34 heavy (non-hydrogen) atoms. The first-order chi connectivity index (χ1) is 16.2. The van der Waals surface area contributed by atoms with Crippen LogP contribution in [0.25, 0.3) is 22.6 Å². The van der Waals surface area contributed by atoms with Crippen molar-refractivity contribution < 1.29 is 23.5 Å². The Kier molecular flexibility index (Phi) is 6.50. The van der Waals surface area contributed by atoms with E-state index in [0.717, 1.165) is 0 Å². The number of esters is 1. The van der Waals surface area contributed by atoms with Gasteiger partial charge in [0.1, 0.15) is 24.2 Å². The van der Waals surface area contributed by atoms with Crippen LogP contribution in [0.4, 0.5) is 14.9 Å². The highest BCUT2D eigenvalue weighted by atomic mass is 19.1. The minimum atomic E-state index is -0.754. The Hall–Kier alpha value is -3.93. The van der Waals surface area contributed by atoms with E-state index in [1.165, 1.54) is 21.8 Å². The maximum Gasteiger partial charge on any atom is 0.414 e. The third kappa shape index (κ3) is 4.71. The highest BCUT2D eigenvalue weighted by Crippen LogP contribution is 2.29. The molecule has 3 heterocycles. The lowest BCUT2D eigenvalue weighted by atomic mass is 10.1. The number of carbonyl (C=O) groups excluding carboxylic acids is 2. The van der Waals surface area contributed by atoms with Gasteiger partial charge in [-0.15, -0.1) is 5.10 Å². The number of nitrogens with zero attached hydrogens (tertiary/aromatic N) is 6. The number of tetrazole rings is 1. The molecule has 2 unspecified atom stereocenters. The zero-order valence-corrected chi connectivity index (χ0v) is 18.9. The van der Waals surface area contributed by atoms with Crippen LogP contribution in [0.15, 0.2) is 36.5 Å². The Morgan fingerprint density at radius 2 is 2.12 bits per heavy atom. The molecule has 2 N–H and O–H groups in total. The molecule has 4 rings (SSSR count). The number of carbonyl (C=O) groups is 2. The van der Waals surface area contributed by atoms with Crippen molar-refractivity contribution in [2.75, 3.05) is 18.1 Å². The van der Waals surface area contributed by atoms with E-state index in [0.29, 0.717) is 28.3 Å². The highest BCUT2D eigenvalue weighted by Gasteiger charge is 2.34. The van der Waals surface area contributed by atoms with Crippen molar-refractivity contribution in [1.29, 1.82) is 0 Å². The summed E-state index contributed by atoms with van der Waals surface area (Å²) in [6.45, 7) is 3.60. The second-order valence-corrected chi connectivity index (χ2v) is 8.24. The van der Waals surface area contributed by atoms with E-state index in [2.05, 4.69) is 20.5 Å². The zero-order valence-electron chi connectivity index (χ0n) is 18.9. The smallest absolute Gasteiger partial charge is 0.414 e. The van der Waals surface area contributed by atoms with E-state index in [1.807, 2.05) is 0 Å². The van der Waals surface area contributed by atoms with Crippen LogP contribution in [0.2, 0.25) is 0 Å². The van der Waals surface area contributed by atoms with Crippen LogP contribution < -0.4 is 10.6 Å². The van der Waals surface area contributed by atoms with Crippen molar-refractivity contribution in [2.24, 2.45) is 18.7 Å². The number of halogens is 1. The largest absolute Gasteiger partial charge is 0.460 e. The molecule has 12 heteroatoms. The van der Waals surface area contributed by atoms with Gasteiger partial charge in [0, 0.05) is 24.4 Å². The number of ether oxygens (including phenoxy) is 2. The van der Waals surface area contributed by atoms with Crippen LogP contribution in [0, 0.1) is 11.7 Å². The summed E-state index contributed by atoms with van der Waals surface area (Å²) in [5.74, 6) is -0.680. The number of amides is 1. The predicted octanol–water partition coefficient (Wildman–Crippen LogP) is 1.93. The van der Waals surface area contributed by atoms with E-state index in [-0.39, 0.29) is 19.1 Å². The molecule has 3 aromatic rings. The lowest BCUT2D eigenvalue weighted by Crippen LogP contribution is -2.38. The van der Waals surface area contributed by atoms with Crippen LogP contribution in [0.3, 0.4) is 0 Å². The quantitative estimate of drug-likeness (QED) is 0.514. The number of rotatable bonds is 7. The van der Waals surface area contributed by atoms with E-state index in [1.54, 1.807) is 45.2 Å². The molecule has 0 bridgehead atoms. The summed E-state index contributed by atoms with van der Waals surface area (Å²) in [7, 11) is 1.70. The average molecular weight is 469 g/mol. The third-order valence-corrected chi connectivity index (χ3v) is 5.46. The predicted molar refractivity (Wildman–Crippen MR) is 119 cm³/mol. The van der Waals surface area contributed by atoms with Gasteiger partial charge in [-0.1, -0.05) is 19.9 Å². The molecule has 1 aliphatic rings. The summed E-state index contributed by atoms with van der Waals surface area (Å²) in [6, 6.07) is 7.08. The van der Waals surface area contributed by atoms with Crippen LogP contribution in [-0.4, -0.2) is 62.6 Å². The van der Waals surface area contributed by atoms with Crippen molar-refractivity contribution >= 4 is 17.7 Å². The SMILES string of the molecule is CC(C)C(N)C(=O)OCC1CN(c2ccc(-c3ccc(-c4nnnn4C)nc3)c(F)c2)C(=O)O1. The van der Waals surface area contributed by atoms with Gasteiger partial charge in [0.25, 0.3) is 0 Å². The van der Waals surface area contributed by atoms with E-state index in [4.69, 9.17) is 15.2 Å². The molecule has 1 fully saturated rings. The van der Waals surface area contributed by atoms with Gasteiger partial charge in [-0.05, 0) is 40.6 Å². The maximum atomic E-state index is 14.9.